The van der Waals surface area contributed by atoms with Gasteiger partial charge in [0, 0.05) is 6.42 Å². The molecule has 1 fully saturated rings. The van der Waals surface area contributed by atoms with Crippen LogP contribution in [-0.4, -0.2) is 12.0 Å². The van der Waals surface area contributed by atoms with Gasteiger partial charge in [-0.05, 0) is 12.8 Å². The molecule has 1 rings (SSSR count). The first kappa shape index (κ1) is 9.55. The van der Waals surface area contributed by atoms with Gasteiger partial charge in [-0.25, -0.2) is 0 Å². The molecular weight excluding hydrogens is 169 g/mol. The highest BCUT2D eigenvalue weighted by molar-refractivity contribution is 5.81. The summed E-state index contributed by atoms with van der Waals surface area (Å²) >= 11 is 0. The fourth-order valence-corrected chi connectivity index (χ4v) is 1.51. The minimum absolute atomic E-state index is 0.0116. The first-order valence-electron chi connectivity index (χ1n) is 4.11. The van der Waals surface area contributed by atoms with Crippen LogP contribution in [0.3, 0.4) is 0 Å². The summed E-state index contributed by atoms with van der Waals surface area (Å²) in [5, 5.41) is 0. The lowest BCUT2D eigenvalue weighted by atomic mass is 9.99. The maximum absolute atomic E-state index is 12.2. The second-order valence-electron chi connectivity index (χ2n) is 3.16. The lowest BCUT2D eigenvalue weighted by Gasteiger charge is -2.16. The number of alkyl halides is 3. The summed E-state index contributed by atoms with van der Waals surface area (Å²) in [4.78, 5) is 10.9. The van der Waals surface area contributed by atoms with E-state index in [2.05, 4.69) is 0 Å². The zero-order chi connectivity index (χ0) is 9.19. The van der Waals surface area contributed by atoms with Gasteiger partial charge >= 0.3 is 6.18 Å². The average molecular weight is 180 g/mol. The van der Waals surface area contributed by atoms with Crippen molar-refractivity contribution in [3.05, 3.63) is 0 Å². The fraction of sp³-hybridized carbons (Fsp3) is 0.875. The molecule has 0 amide bonds. The van der Waals surface area contributed by atoms with E-state index in [9.17, 15) is 18.0 Å². The van der Waals surface area contributed by atoms with Gasteiger partial charge < -0.3 is 0 Å². The molecule has 70 valence electrons. The molecule has 1 atom stereocenters. The molecule has 0 aliphatic heterocycles. The van der Waals surface area contributed by atoms with Crippen molar-refractivity contribution < 1.29 is 18.0 Å². The van der Waals surface area contributed by atoms with Crippen molar-refractivity contribution in [3.63, 3.8) is 0 Å². The van der Waals surface area contributed by atoms with Crippen molar-refractivity contribution in [3.8, 4) is 0 Å². The fourth-order valence-electron chi connectivity index (χ4n) is 1.51. The molecule has 0 bridgehead atoms. The van der Waals surface area contributed by atoms with Gasteiger partial charge in [0.1, 0.15) is 11.7 Å². The normalized spacial score (nSPS) is 26.9. The molecular formula is C8H11F3O. The van der Waals surface area contributed by atoms with Gasteiger partial charge in [-0.2, -0.15) is 13.2 Å². The number of rotatable bonds is 0. The first-order chi connectivity index (χ1) is 5.52. The van der Waals surface area contributed by atoms with Crippen LogP contribution < -0.4 is 0 Å². The van der Waals surface area contributed by atoms with Gasteiger partial charge in [0.2, 0.25) is 0 Å². The molecule has 0 radical (unpaired) electrons. The maximum atomic E-state index is 12.2. The molecule has 0 N–H and O–H groups in total. The molecule has 4 heteroatoms. The highest BCUT2D eigenvalue weighted by atomic mass is 19.4. The number of Topliss-reactive ketones (excluding diaryl/α,β-unsaturated/α-hetero) is 1. The molecule has 0 aromatic rings. The van der Waals surface area contributed by atoms with E-state index in [1.165, 1.54) is 0 Å². The summed E-state index contributed by atoms with van der Waals surface area (Å²) in [6.07, 6.45) is -2.34. The molecule has 0 saturated heterocycles. The van der Waals surface area contributed by atoms with E-state index in [1.54, 1.807) is 0 Å². The van der Waals surface area contributed by atoms with E-state index in [1.807, 2.05) is 0 Å². The molecule has 0 spiro atoms. The van der Waals surface area contributed by atoms with E-state index in [4.69, 9.17) is 0 Å². The van der Waals surface area contributed by atoms with E-state index in [-0.39, 0.29) is 12.8 Å². The number of carbonyl (C=O) groups is 1. The Morgan fingerprint density at radius 2 is 1.83 bits per heavy atom. The van der Waals surface area contributed by atoms with Crippen LogP contribution in [-0.2, 0) is 4.79 Å². The highest BCUT2D eigenvalue weighted by Gasteiger charge is 2.44. The summed E-state index contributed by atoms with van der Waals surface area (Å²) in [5.41, 5.74) is 0. The third-order valence-electron chi connectivity index (χ3n) is 2.20. The van der Waals surface area contributed by atoms with Gasteiger partial charge in [0.05, 0.1) is 0 Å². The summed E-state index contributed by atoms with van der Waals surface area (Å²) in [5.74, 6) is -2.31. The van der Waals surface area contributed by atoms with E-state index in [0.29, 0.717) is 12.8 Å². The predicted octanol–water partition coefficient (Wildman–Crippen LogP) is 2.70. The van der Waals surface area contributed by atoms with Crippen LogP contribution in [0.2, 0.25) is 0 Å². The Kier molecular flexibility index (Phi) is 2.75. The third-order valence-corrected chi connectivity index (χ3v) is 2.20. The van der Waals surface area contributed by atoms with Crippen molar-refractivity contribution in [1.29, 1.82) is 0 Å². The SMILES string of the molecule is O=C1CCCCCC1C(F)(F)F. The number of ketones is 1. The van der Waals surface area contributed by atoms with E-state index in [0.717, 1.165) is 6.42 Å². The van der Waals surface area contributed by atoms with Gasteiger partial charge in [-0.15, -0.1) is 0 Å². The van der Waals surface area contributed by atoms with Crippen LogP contribution in [0, 0.1) is 5.92 Å². The second kappa shape index (κ2) is 3.46. The molecule has 1 saturated carbocycles. The number of hydrogen-bond acceptors (Lipinski definition) is 1. The summed E-state index contributed by atoms with van der Waals surface area (Å²) in [6.45, 7) is 0. The lowest BCUT2D eigenvalue weighted by molar-refractivity contribution is -0.181. The standard InChI is InChI=1S/C8H11F3O/c9-8(10,11)6-4-2-1-3-5-7(6)12/h6H,1-5H2. The molecule has 0 aromatic heterocycles. The van der Waals surface area contributed by atoms with Gasteiger partial charge in [-0.3, -0.25) is 4.79 Å². The zero-order valence-electron chi connectivity index (χ0n) is 6.66. The van der Waals surface area contributed by atoms with Crippen molar-refractivity contribution in [1.82, 2.24) is 0 Å². The minimum atomic E-state index is -4.32. The molecule has 0 aromatic carbocycles. The Hall–Kier alpha value is -0.540. The van der Waals surface area contributed by atoms with Gasteiger partial charge in [0.25, 0.3) is 0 Å². The Morgan fingerprint density at radius 3 is 2.42 bits per heavy atom. The number of carbonyl (C=O) groups excluding carboxylic acids is 1. The second-order valence-corrected chi connectivity index (χ2v) is 3.16. The molecule has 12 heavy (non-hydrogen) atoms. The largest absolute Gasteiger partial charge is 0.398 e. The van der Waals surface area contributed by atoms with Crippen molar-refractivity contribution >= 4 is 5.78 Å². The molecule has 1 unspecified atom stereocenters. The van der Waals surface area contributed by atoms with Crippen molar-refractivity contribution in [2.75, 3.05) is 0 Å². The summed E-state index contributed by atoms with van der Waals surface area (Å²) < 4.78 is 36.5. The first-order valence-corrected chi connectivity index (χ1v) is 4.11. The lowest BCUT2D eigenvalue weighted by Crippen LogP contribution is -2.29. The number of hydrogen-bond donors (Lipinski definition) is 0. The van der Waals surface area contributed by atoms with Gasteiger partial charge in [-0.1, -0.05) is 12.8 Å². The highest BCUT2D eigenvalue weighted by Crippen LogP contribution is 2.34. The molecule has 0 heterocycles. The van der Waals surface area contributed by atoms with Crippen LogP contribution in [0.15, 0.2) is 0 Å². The van der Waals surface area contributed by atoms with Crippen molar-refractivity contribution in [2.45, 2.75) is 38.3 Å². The number of halogens is 3. The Labute approximate surface area is 68.9 Å². The zero-order valence-corrected chi connectivity index (χ0v) is 6.66. The van der Waals surface area contributed by atoms with Crippen LogP contribution in [0.5, 0.6) is 0 Å². The Balaban J connectivity index is 2.66. The van der Waals surface area contributed by atoms with Crippen molar-refractivity contribution in [2.24, 2.45) is 5.92 Å². The van der Waals surface area contributed by atoms with Crippen LogP contribution in [0.25, 0.3) is 0 Å². The summed E-state index contributed by atoms with van der Waals surface area (Å²) in [7, 11) is 0. The molecule has 1 aliphatic carbocycles. The van der Waals surface area contributed by atoms with Crippen LogP contribution >= 0.6 is 0 Å². The Bertz CT molecular complexity index is 174. The smallest absolute Gasteiger partial charge is 0.299 e. The predicted molar refractivity (Wildman–Crippen MR) is 37.6 cm³/mol. The molecule has 1 aliphatic rings. The minimum Gasteiger partial charge on any atom is -0.299 e. The monoisotopic (exact) mass is 180 g/mol. The third kappa shape index (κ3) is 2.22. The summed E-state index contributed by atoms with van der Waals surface area (Å²) in [6, 6.07) is 0. The molecule has 1 nitrogen and oxygen atoms in total. The maximum Gasteiger partial charge on any atom is 0.398 e. The van der Waals surface area contributed by atoms with Crippen LogP contribution in [0.4, 0.5) is 13.2 Å². The van der Waals surface area contributed by atoms with Gasteiger partial charge in [0.15, 0.2) is 0 Å². The Morgan fingerprint density at radius 1 is 1.17 bits per heavy atom. The topological polar surface area (TPSA) is 17.1 Å². The van der Waals surface area contributed by atoms with E-state index < -0.39 is 17.9 Å². The average Bonchev–Trinajstić information content (AvgIpc) is 2.11. The van der Waals surface area contributed by atoms with E-state index >= 15 is 0 Å². The van der Waals surface area contributed by atoms with Crippen LogP contribution in [0.1, 0.15) is 32.1 Å². The quantitative estimate of drug-likeness (QED) is 0.524.